The predicted octanol–water partition coefficient (Wildman–Crippen LogP) is 0.500. The fraction of sp³-hybridized carbons (Fsp3) is 0.524. The second kappa shape index (κ2) is 8.40. The topological polar surface area (TPSA) is 116 Å². The maximum atomic E-state index is 13.2. The molecule has 1 atom stereocenters. The number of hydrogen-bond donors (Lipinski definition) is 0. The van der Waals surface area contributed by atoms with E-state index in [1.807, 2.05) is 12.1 Å². The number of nitrogens with zero attached hydrogens (tertiary/aromatic N) is 7. The first-order valence-corrected chi connectivity index (χ1v) is 10.7. The van der Waals surface area contributed by atoms with Crippen LogP contribution in [0.5, 0.6) is 0 Å². The number of carbonyl (C=O) groups excluding carboxylic acids is 2. The van der Waals surface area contributed by atoms with Crippen LogP contribution in [0, 0.1) is 5.41 Å². The first-order chi connectivity index (χ1) is 15.6. The summed E-state index contributed by atoms with van der Waals surface area (Å²) in [5.41, 5.74) is 1.34. The van der Waals surface area contributed by atoms with Crippen LogP contribution in [-0.2, 0) is 19.1 Å². The van der Waals surface area contributed by atoms with Gasteiger partial charge in [-0.1, -0.05) is 6.07 Å². The molecule has 11 heteroatoms. The SMILES string of the molecule is COC(CN1CCC2(CC1)CCN(C1=CC(=O)OC1)C2=O)c1ccc(-n2cnnn2)nc1. The van der Waals surface area contributed by atoms with Gasteiger partial charge in [-0.3, -0.25) is 4.79 Å². The highest BCUT2D eigenvalue weighted by molar-refractivity contribution is 5.90. The molecule has 3 aliphatic heterocycles. The molecular formula is C21H25N7O4. The lowest BCUT2D eigenvalue weighted by Crippen LogP contribution is -2.45. The predicted molar refractivity (Wildman–Crippen MR) is 110 cm³/mol. The highest BCUT2D eigenvalue weighted by Crippen LogP contribution is 2.43. The molecule has 0 bridgehead atoms. The quantitative estimate of drug-likeness (QED) is 0.593. The van der Waals surface area contributed by atoms with Crippen LogP contribution in [0.25, 0.3) is 5.82 Å². The summed E-state index contributed by atoms with van der Waals surface area (Å²) in [4.78, 5) is 33.1. The Hall–Kier alpha value is -3.18. The van der Waals surface area contributed by atoms with E-state index >= 15 is 0 Å². The van der Waals surface area contributed by atoms with Crippen molar-refractivity contribution in [3.8, 4) is 5.82 Å². The Labute approximate surface area is 185 Å². The highest BCUT2D eigenvalue weighted by Gasteiger charge is 2.49. The van der Waals surface area contributed by atoms with Gasteiger partial charge in [-0.05, 0) is 48.8 Å². The molecule has 5 rings (SSSR count). The lowest BCUT2D eigenvalue weighted by molar-refractivity contribution is -0.138. The Morgan fingerprint density at radius 2 is 2.00 bits per heavy atom. The van der Waals surface area contributed by atoms with Gasteiger partial charge in [-0.25, -0.2) is 9.78 Å². The molecule has 2 aromatic rings. The molecule has 0 aliphatic carbocycles. The molecule has 2 fully saturated rings. The lowest BCUT2D eigenvalue weighted by Gasteiger charge is -2.39. The van der Waals surface area contributed by atoms with Crippen molar-refractivity contribution in [2.75, 3.05) is 39.9 Å². The van der Waals surface area contributed by atoms with E-state index in [4.69, 9.17) is 9.47 Å². The summed E-state index contributed by atoms with van der Waals surface area (Å²) in [7, 11) is 1.70. The normalized spacial score (nSPS) is 21.8. The summed E-state index contributed by atoms with van der Waals surface area (Å²) in [6.45, 7) is 3.22. The first kappa shape index (κ1) is 20.7. The van der Waals surface area contributed by atoms with Crippen molar-refractivity contribution < 1.29 is 19.1 Å². The minimum absolute atomic E-state index is 0.123. The number of pyridine rings is 1. The van der Waals surface area contributed by atoms with Gasteiger partial charge in [0.1, 0.15) is 12.9 Å². The van der Waals surface area contributed by atoms with Crippen molar-refractivity contribution in [1.82, 2.24) is 35.0 Å². The van der Waals surface area contributed by atoms with Crippen LogP contribution in [0.4, 0.5) is 0 Å². The number of rotatable bonds is 6. The summed E-state index contributed by atoms with van der Waals surface area (Å²) >= 11 is 0. The summed E-state index contributed by atoms with van der Waals surface area (Å²) in [5.74, 6) is 0.407. The fourth-order valence-corrected chi connectivity index (χ4v) is 4.78. The molecule has 32 heavy (non-hydrogen) atoms. The molecule has 2 aromatic heterocycles. The summed E-state index contributed by atoms with van der Waals surface area (Å²) < 4.78 is 12.2. The Bertz CT molecular complexity index is 1010. The number of likely N-dealkylation sites (tertiary alicyclic amines) is 2. The first-order valence-electron chi connectivity index (χ1n) is 10.7. The third-order valence-corrected chi connectivity index (χ3v) is 6.75. The Morgan fingerprint density at radius 1 is 1.19 bits per heavy atom. The molecule has 168 valence electrons. The van der Waals surface area contributed by atoms with E-state index in [0.717, 1.165) is 44.5 Å². The minimum Gasteiger partial charge on any atom is -0.456 e. The number of aromatic nitrogens is 5. The van der Waals surface area contributed by atoms with Gasteiger partial charge < -0.3 is 19.3 Å². The number of esters is 1. The highest BCUT2D eigenvalue weighted by atomic mass is 16.5. The van der Waals surface area contributed by atoms with Crippen LogP contribution in [-0.4, -0.2) is 86.8 Å². The molecule has 2 saturated heterocycles. The van der Waals surface area contributed by atoms with Crippen molar-refractivity contribution in [1.29, 1.82) is 0 Å². The summed E-state index contributed by atoms with van der Waals surface area (Å²) in [6, 6.07) is 3.83. The Morgan fingerprint density at radius 3 is 2.62 bits per heavy atom. The number of amides is 1. The molecule has 0 saturated carbocycles. The molecule has 0 radical (unpaired) electrons. The number of piperidine rings is 1. The summed E-state index contributed by atoms with van der Waals surface area (Å²) in [5, 5.41) is 11.1. The van der Waals surface area contributed by atoms with Crippen molar-refractivity contribution in [3.05, 3.63) is 42.0 Å². The van der Waals surface area contributed by atoms with E-state index in [9.17, 15) is 9.59 Å². The molecule has 1 spiro atoms. The number of ether oxygens (including phenoxy) is 2. The van der Waals surface area contributed by atoms with E-state index in [-0.39, 0.29) is 30.0 Å². The molecule has 1 unspecified atom stereocenters. The molecule has 0 N–H and O–H groups in total. The number of methoxy groups -OCH3 is 1. The second-order valence-electron chi connectivity index (χ2n) is 8.46. The van der Waals surface area contributed by atoms with Gasteiger partial charge in [-0.15, -0.1) is 5.10 Å². The molecular weight excluding hydrogens is 414 g/mol. The van der Waals surface area contributed by atoms with Crippen molar-refractivity contribution >= 4 is 11.9 Å². The maximum absolute atomic E-state index is 13.2. The zero-order valence-electron chi connectivity index (χ0n) is 17.9. The fourth-order valence-electron chi connectivity index (χ4n) is 4.78. The van der Waals surface area contributed by atoms with Gasteiger partial charge >= 0.3 is 5.97 Å². The molecule has 1 amide bonds. The molecule has 0 aromatic carbocycles. The average molecular weight is 439 g/mol. The van der Waals surface area contributed by atoms with Crippen LogP contribution in [0.15, 0.2) is 36.4 Å². The monoisotopic (exact) mass is 439 g/mol. The smallest absolute Gasteiger partial charge is 0.333 e. The number of tetrazole rings is 1. The van der Waals surface area contributed by atoms with Gasteiger partial charge in [0, 0.05) is 38.0 Å². The molecule has 3 aliphatic rings. The van der Waals surface area contributed by atoms with Crippen molar-refractivity contribution in [2.24, 2.45) is 5.41 Å². The van der Waals surface area contributed by atoms with Crippen LogP contribution < -0.4 is 0 Å². The van der Waals surface area contributed by atoms with Crippen molar-refractivity contribution in [2.45, 2.75) is 25.4 Å². The van der Waals surface area contributed by atoms with Gasteiger partial charge in [0.05, 0.1) is 17.2 Å². The van der Waals surface area contributed by atoms with Gasteiger partial charge in [-0.2, -0.15) is 4.68 Å². The largest absolute Gasteiger partial charge is 0.456 e. The standard InChI is InChI=1S/C21H25N7O4/c1-31-17(15-2-3-18(22-11-15)28-14-23-24-25-28)12-26-7-4-21(5-8-26)6-9-27(20(21)30)16-10-19(29)32-13-16/h2-3,10-11,14,17H,4-9,12-13H2,1H3. The van der Waals surface area contributed by atoms with Crippen LogP contribution >= 0.6 is 0 Å². The number of hydrogen-bond acceptors (Lipinski definition) is 9. The maximum Gasteiger partial charge on any atom is 0.333 e. The molecule has 11 nitrogen and oxygen atoms in total. The van der Waals surface area contributed by atoms with Gasteiger partial charge in [0.25, 0.3) is 0 Å². The van der Waals surface area contributed by atoms with Gasteiger partial charge in [0.2, 0.25) is 5.91 Å². The van der Waals surface area contributed by atoms with E-state index in [2.05, 4.69) is 25.4 Å². The van der Waals surface area contributed by atoms with E-state index in [0.29, 0.717) is 18.1 Å². The minimum atomic E-state index is -0.366. The van der Waals surface area contributed by atoms with E-state index in [1.165, 1.54) is 17.1 Å². The van der Waals surface area contributed by atoms with Crippen LogP contribution in [0.1, 0.15) is 30.9 Å². The third kappa shape index (κ3) is 3.78. The number of carbonyl (C=O) groups is 2. The molecule has 5 heterocycles. The Kier molecular flexibility index (Phi) is 5.43. The Balaban J connectivity index is 1.19. The van der Waals surface area contributed by atoms with E-state index in [1.54, 1.807) is 18.2 Å². The summed E-state index contributed by atoms with van der Waals surface area (Å²) in [6.07, 6.45) is 7.03. The van der Waals surface area contributed by atoms with E-state index < -0.39 is 0 Å². The number of cyclic esters (lactones) is 1. The zero-order chi connectivity index (χ0) is 22.1. The average Bonchev–Trinajstić information content (AvgIpc) is 3.56. The van der Waals surface area contributed by atoms with Crippen LogP contribution in [0.3, 0.4) is 0 Å². The second-order valence-corrected chi connectivity index (χ2v) is 8.46. The zero-order valence-corrected chi connectivity index (χ0v) is 17.9. The lowest BCUT2D eigenvalue weighted by atomic mass is 9.77. The van der Waals surface area contributed by atoms with Gasteiger partial charge in [0.15, 0.2) is 5.82 Å². The third-order valence-electron chi connectivity index (χ3n) is 6.75. The van der Waals surface area contributed by atoms with Crippen LogP contribution in [0.2, 0.25) is 0 Å². The van der Waals surface area contributed by atoms with Crippen molar-refractivity contribution in [3.63, 3.8) is 0 Å².